The molecule has 0 aromatic carbocycles. The molecule has 0 saturated carbocycles. The molecule has 90 valence electrons. The Labute approximate surface area is 102 Å². The average Bonchev–Trinajstić information content (AvgIpc) is 2.34. The Hall–Kier alpha value is -1.81. The van der Waals surface area contributed by atoms with Crippen LogP contribution in [0, 0.1) is 5.92 Å². The zero-order chi connectivity index (χ0) is 12.3. The molecule has 0 radical (unpaired) electrons. The second kappa shape index (κ2) is 5.01. The number of hydrogen-bond acceptors (Lipinski definition) is 4. The number of hydrazone groups is 1. The molecule has 0 fully saturated rings. The third kappa shape index (κ3) is 2.31. The molecule has 0 spiro atoms. The Balaban J connectivity index is 2.46. The van der Waals surface area contributed by atoms with Crippen molar-refractivity contribution >= 4 is 6.21 Å². The summed E-state index contributed by atoms with van der Waals surface area (Å²) in [6.45, 7) is 7.67. The maximum Gasteiger partial charge on any atom is 0.0710 e. The Morgan fingerprint density at radius 1 is 1.59 bits per heavy atom. The van der Waals surface area contributed by atoms with E-state index in [1.165, 1.54) is 5.57 Å². The molecule has 2 heterocycles. The van der Waals surface area contributed by atoms with Crippen LogP contribution in [0.4, 0.5) is 0 Å². The van der Waals surface area contributed by atoms with Gasteiger partial charge in [-0.25, -0.2) is 0 Å². The van der Waals surface area contributed by atoms with E-state index in [-0.39, 0.29) is 0 Å². The minimum absolute atomic E-state index is 0.327. The predicted octanol–water partition coefficient (Wildman–Crippen LogP) is 1.02. The SMILES string of the molecule is C=C1/C=C\N/N=C\C2=C1C(C(C)CN)=CCN2. The highest BCUT2D eigenvalue weighted by molar-refractivity contribution is 5.83. The van der Waals surface area contributed by atoms with Crippen LogP contribution in [0.1, 0.15) is 6.92 Å². The van der Waals surface area contributed by atoms with Crippen LogP contribution in [-0.2, 0) is 0 Å². The first-order valence-corrected chi connectivity index (χ1v) is 5.77. The molecule has 17 heavy (non-hydrogen) atoms. The molecule has 0 aromatic heterocycles. The van der Waals surface area contributed by atoms with Gasteiger partial charge in [-0.1, -0.05) is 19.6 Å². The van der Waals surface area contributed by atoms with Crippen LogP contribution < -0.4 is 16.5 Å². The summed E-state index contributed by atoms with van der Waals surface area (Å²) in [5.41, 5.74) is 12.9. The first-order valence-electron chi connectivity index (χ1n) is 5.77. The van der Waals surface area contributed by atoms with E-state index in [9.17, 15) is 0 Å². The lowest BCUT2D eigenvalue weighted by Crippen LogP contribution is -2.27. The monoisotopic (exact) mass is 230 g/mol. The zero-order valence-corrected chi connectivity index (χ0v) is 10.0. The fraction of sp³-hybridized carbons (Fsp3) is 0.308. The second-order valence-electron chi connectivity index (χ2n) is 4.21. The van der Waals surface area contributed by atoms with Crippen molar-refractivity contribution in [3.8, 4) is 0 Å². The molecule has 1 atom stereocenters. The molecular formula is C13H18N4. The third-order valence-corrected chi connectivity index (χ3v) is 3.01. The van der Waals surface area contributed by atoms with E-state index in [2.05, 4.69) is 35.4 Å². The molecule has 4 N–H and O–H groups in total. The van der Waals surface area contributed by atoms with Gasteiger partial charge in [-0.05, 0) is 29.7 Å². The van der Waals surface area contributed by atoms with Crippen LogP contribution in [-0.4, -0.2) is 19.3 Å². The molecular weight excluding hydrogens is 212 g/mol. The topological polar surface area (TPSA) is 62.4 Å². The summed E-state index contributed by atoms with van der Waals surface area (Å²) in [7, 11) is 0. The van der Waals surface area contributed by atoms with Gasteiger partial charge >= 0.3 is 0 Å². The molecule has 4 nitrogen and oxygen atoms in total. The number of nitrogens with zero attached hydrogens (tertiary/aromatic N) is 1. The Bertz CT molecular complexity index is 440. The lowest BCUT2D eigenvalue weighted by molar-refractivity contribution is 0.686. The van der Waals surface area contributed by atoms with Crippen LogP contribution >= 0.6 is 0 Å². The van der Waals surface area contributed by atoms with E-state index in [0.717, 1.165) is 23.4 Å². The van der Waals surface area contributed by atoms with Gasteiger partial charge in [0.25, 0.3) is 0 Å². The quantitative estimate of drug-likeness (QED) is 0.664. The van der Waals surface area contributed by atoms with E-state index in [4.69, 9.17) is 5.73 Å². The van der Waals surface area contributed by atoms with Gasteiger partial charge in [-0.2, -0.15) is 5.10 Å². The highest BCUT2D eigenvalue weighted by Crippen LogP contribution is 2.29. The number of allylic oxidation sites excluding steroid dienone is 4. The summed E-state index contributed by atoms with van der Waals surface area (Å²) in [5, 5.41) is 7.39. The third-order valence-electron chi connectivity index (χ3n) is 3.01. The van der Waals surface area contributed by atoms with Gasteiger partial charge in [0, 0.05) is 18.3 Å². The molecule has 0 aromatic rings. The molecule has 4 heteroatoms. The number of dihydropyridines is 1. The molecule has 0 aliphatic carbocycles. The summed E-state index contributed by atoms with van der Waals surface area (Å²) < 4.78 is 0. The first kappa shape index (κ1) is 11.7. The summed E-state index contributed by atoms with van der Waals surface area (Å²) in [6, 6.07) is 0. The van der Waals surface area contributed by atoms with Crippen LogP contribution in [0.25, 0.3) is 0 Å². The Kier molecular flexibility index (Phi) is 3.44. The maximum absolute atomic E-state index is 5.76. The minimum atomic E-state index is 0.327. The van der Waals surface area contributed by atoms with E-state index in [0.29, 0.717) is 12.5 Å². The van der Waals surface area contributed by atoms with Crippen LogP contribution in [0.15, 0.2) is 52.4 Å². The summed E-state index contributed by atoms with van der Waals surface area (Å²) in [6.07, 6.45) is 7.68. The van der Waals surface area contributed by atoms with Crippen LogP contribution in [0.3, 0.4) is 0 Å². The van der Waals surface area contributed by atoms with Crippen molar-refractivity contribution in [2.45, 2.75) is 6.92 Å². The highest BCUT2D eigenvalue weighted by Gasteiger charge is 2.20. The molecule has 2 aliphatic heterocycles. The number of rotatable bonds is 2. The van der Waals surface area contributed by atoms with Gasteiger partial charge in [0.05, 0.1) is 11.9 Å². The number of hydrogen-bond donors (Lipinski definition) is 3. The smallest absolute Gasteiger partial charge is 0.0710 e. The number of nitrogens with two attached hydrogens (primary N) is 1. The predicted molar refractivity (Wildman–Crippen MR) is 71.2 cm³/mol. The molecule has 0 bridgehead atoms. The fourth-order valence-corrected chi connectivity index (χ4v) is 2.03. The van der Waals surface area contributed by atoms with Gasteiger partial charge in [0.1, 0.15) is 0 Å². The molecule has 1 unspecified atom stereocenters. The van der Waals surface area contributed by atoms with Gasteiger partial charge in [0.15, 0.2) is 0 Å². The van der Waals surface area contributed by atoms with E-state index in [1.807, 2.05) is 6.08 Å². The van der Waals surface area contributed by atoms with Crippen molar-refractivity contribution in [3.05, 3.63) is 47.3 Å². The Morgan fingerprint density at radius 3 is 3.18 bits per heavy atom. The van der Waals surface area contributed by atoms with Crippen molar-refractivity contribution in [2.24, 2.45) is 16.8 Å². The largest absolute Gasteiger partial charge is 0.380 e. The first-order chi connectivity index (χ1) is 8.24. The summed E-state index contributed by atoms with van der Waals surface area (Å²) in [5.74, 6) is 0.327. The van der Waals surface area contributed by atoms with Crippen LogP contribution in [0.2, 0.25) is 0 Å². The second-order valence-corrected chi connectivity index (χ2v) is 4.21. The molecule has 2 aliphatic rings. The van der Waals surface area contributed by atoms with Crippen molar-refractivity contribution in [1.29, 1.82) is 0 Å². The maximum atomic E-state index is 5.76. The highest BCUT2D eigenvalue weighted by atomic mass is 15.3. The van der Waals surface area contributed by atoms with Crippen molar-refractivity contribution in [2.75, 3.05) is 13.1 Å². The molecule has 0 saturated heterocycles. The molecule has 0 amide bonds. The van der Waals surface area contributed by atoms with Crippen molar-refractivity contribution < 1.29 is 0 Å². The minimum Gasteiger partial charge on any atom is -0.380 e. The van der Waals surface area contributed by atoms with Gasteiger partial charge in [-0.3, -0.25) is 5.43 Å². The number of nitrogens with one attached hydrogen (secondary N) is 2. The van der Waals surface area contributed by atoms with Gasteiger partial charge in [-0.15, -0.1) is 0 Å². The van der Waals surface area contributed by atoms with Gasteiger partial charge < -0.3 is 11.1 Å². The normalized spacial score (nSPS) is 24.6. The summed E-state index contributed by atoms with van der Waals surface area (Å²) in [4.78, 5) is 0. The van der Waals surface area contributed by atoms with E-state index in [1.54, 1.807) is 12.4 Å². The lowest BCUT2D eigenvalue weighted by Gasteiger charge is -2.26. The van der Waals surface area contributed by atoms with E-state index >= 15 is 0 Å². The molecule has 2 rings (SSSR count). The van der Waals surface area contributed by atoms with Crippen LogP contribution in [0.5, 0.6) is 0 Å². The average molecular weight is 230 g/mol. The van der Waals surface area contributed by atoms with Crippen molar-refractivity contribution in [1.82, 2.24) is 10.7 Å². The fourth-order valence-electron chi connectivity index (χ4n) is 2.03. The lowest BCUT2D eigenvalue weighted by atomic mass is 9.86. The van der Waals surface area contributed by atoms with E-state index < -0.39 is 0 Å². The zero-order valence-electron chi connectivity index (χ0n) is 10.0. The van der Waals surface area contributed by atoms with Gasteiger partial charge in [0.2, 0.25) is 0 Å². The Morgan fingerprint density at radius 2 is 2.41 bits per heavy atom. The van der Waals surface area contributed by atoms with Crippen molar-refractivity contribution in [3.63, 3.8) is 0 Å². The summed E-state index contributed by atoms with van der Waals surface area (Å²) >= 11 is 0. The standard InChI is InChI=1S/C13H18N4/c1-9-3-6-16-17-8-12-13(9)11(4-5-15-12)10(2)7-14/h3-4,6,8,10,15-16H,1,5,7,14H2,2H3/b6-3-,17-8-.